The van der Waals surface area contributed by atoms with Crippen LogP contribution in [0.3, 0.4) is 0 Å². The van der Waals surface area contributed by atoms with Gasteiger partial charge in [-0.05, 0) is 27.0 Å². The summed E-state index contributed by atoms with van der Waals surface area (Å²) in [7, 11) is 1.87. The van der Waals surface area contributed by atoms with E-state index in [0.29, 0.717) is 19.7 Å². The Morgan fingerprint density at radius 2 is 2.11 bits per heavy atom. The average molecular weight is 267 g/mol. The first-order valence-electron chi connectivity index (χ1n) is 6.41. The number of nitrogens with zero attached hydrogens (tertiary/aromatic N) is 1. The zero-order valence-electron chi connectivity index (χ0n) is 11.8. The number of likely N-dealkylation sites (N-methyl/N-ethyl adjacent to an activating group) is 1. The molecule has 106 valence electrons. The molecule has 0 unspecified atom stereocenters. The molecule has 1 aromatic heterocycles. The fourth-order valence-corrected chi connectivity index (χ4v) is 1.78. The van der Waals surface area contributed by atoms with Crippen LogP contribution < -0.4 is 0 Å². The molecule has 0 atom stereocenters. The smallest absolute Gasteiger partial charge is 0.306 e. The molecule has 1 aromatic rings. The van der Waals surface area contributed by atoms with Gasteiger partial charge < -0.3 is 9.15 Å². The molecule has 1 rings (SSSR count). The van der Waals surface area contributed by atoms with Crippen molar-refractivity contribution in [3.63, 3.8) is 0 Å². The number of hydrogen-bond acceptors (Lipinski definition) is 5. The summed E-state index contributed by atoms with van der Waals surface area (Å²) in [4.78, 5) is 24.7. The first kappa shape index (κ1) is 15.4. The zero-order valence-corrected chi connectivity index (χ0v) is 11.8. The number of ether oxygens (including phenoxy) is 1. The minimum atomic E-state index is -0.316. The summed E-state index contributed by atoms with van der Waals surface area (Å²) in [5.41, 5.74) is 1.07. The molecule has 0 aromatic carbocycles. The molecule has 0 radical (unpaired) electrons. The van der Waals surface area contributed by atoms with Gasteiger partial charge in [0, 0.05) is 18.5 Å². The number of furan rings is 1. The van der Waals surface area contributed by atoms with E-state index in [9.17, 15) is 9.59 Å². The summed E-state index contributed by atoms with van der Waals surface area (Å²) in [5, 5.41) is 0. The topological polar surface area (TPSA) is 59.8 Å². The van der Waals surface area contributed by atoms with Crippen molar-refractivity contribution in [2.45, 2.75) is 33.2 Å². The van der Waals surface area contributed by atoms with Crippen LogP contribution in [-0.2, 0) is 20.9 Å². The van der Waals surface area contributed by atoms with E-state index in [1.54, 1.807) is 13.2 Å². The molecule has 0 spiro atoms. The molecule has 0 saturated carbocycles. The molecule has 0 aliphatic carbocycles. The monoisotopic (exact) mass is 267 g/mol. The molecule has 0 fully saturated rings. The second-order valence-corrected chi connectivity index (χ2v) is 4.52. The number of carbonyl (C=O) groups excluding carboxylic acids is 2. The largest absolute Gasteiger partial charge is 0.469 e. The number of rotatable bonds is 8. The first-order valence-corrected chi connectivity index (χ1v) is 6.41. The molecule has 0 aliphatic heterocycles. The van der Waals surface area contributed by atoms with Crippen molar-refractivity contribution in [3.8, 4) is 0 Å². The summed E-state index contributed by atoms with van der Waals surface area (Å²) in [6, 6.07) is 1.90. The van der Waals surface area contributed by atoms with Crippen molar-refractivity contribution in [1.82, 2.24) is 4.90 Å². The molecule has 0 bridgehead atoms. The van der Waals surface area contributed by atoms with Crippen molar-refractivity contribution in [2.24, 2.45) is 0 Å². The number of esters is 1. The Labute approximate surface area is 113 Å². The highest BCUT2D eigenvalue weighted by Crippen LogP contribution is 2.11. The lowest BCUT2D eigenvalue weighted by Gasteiger charge is -2.15. The van der Waals surface area contributed by atoms with Crippen LogP contribution in [0.5, 0.6) is 0 Å². The van der Waals surface area contributed by atoms with E-state index in [1.165, 1.54) is 0 Å². The summed E-state index contributed by atoms with van der Waals surface area (Å²) in [6.45, 7) is 4.98. The van der Waals surface area contributed by atoms with Gasteiger partial charge in [-0.1, -0.05) is 0 Å². The van der Waals surface area contributed by atoms with Gasteiger partial charge in [0.15, 0.2) is 0 Å². The van der Waals surface area contributed by atoms with Gasteiger partial charge in [-0.2, -0.15) is 0 Å². The Bertz CT molecular complexity index is 425. The SMILES string of the molecule is CCOC(=O)CCC(=O)CN(C)Cc1ccoc1C. The van der Waals surface area contributed by atoms with Gasteiger partial charge in [0.25, 0.3) is 0 Å². The zero-order chi connectivity index (χ0) is 14.3. The lowest BCUT2D eigenvalue weighted by atomic mass is 10.2. The van der Waals surface area contributed by atoms with E-state index in [-0.39, 0.29) is 24.6 Å². The van der Waals surface area contributed by atoms with E-state index in [2.05, 4.69) is 0 Å². The number of hydrogen-bond donors (Lipinski definition) is 0. The lowest BCUT2D eigenvalue weighted by Crippen LogP contribution is -2.26. The highest BCUT2D eigenvalue weighted by Gasteiger charge is 2.11. The van der Waals surface area contributed by atoms with Crippen LogP contribution in [0.1, 0.15) is 31.1 Å². The van der Waals surface area contributed by atoms with E-state index < -0.39 is 0 Å². The third kappa shape index (κ3) is 5.70. The van der Waals surface area contributed by atoms with Crippen LogP contribution in [0.15, 0.2) is 16.7 Å². The second kappa shape index (κ2) is 7.74. The van der Waals surface area contributed by atoms with Gasteiger partial charge in [-0.25, -0.2) is 0 Å². The summed E-state index contributed by atoms with van der Waals surface area (Å²) < 4.78 is 9.98. The van der Waals surface area contributed by atoms with Crippen molar-refractivity contribution >= 4 is 11.8 Å². The van der Waals surface area contributed by atoms with Gasteiger partial charge in [-0.15, -0.1) is 0 Å². The third-order valence-electron chi connectivity index (χ3n) is 2.77. The molecule has 1 heterocycles. The molecule has 5 nitrogen and oxygen atoms in total. The summed E-state index contributed by atoms with van der Waals surface area (Å²) in [6.07, 6.45) is 2.03. The predicted molar refractivity (Wildman–Crippen MR) is 70.7 cm³/mol. The lowest BCUT2D eigenvalue weighted by molar-refractivity contribution is -0.144. The van der Waals surface area contributed by atoms with Crippen molar-refractivity contribution in [3.05, 3.63) is 23.7 Å². The molecule has 0 aliphatic rings. The van der Waals surface area contributed by atoms with Crippen LogP contribution >= 0.6 is 0 Å². The van der Waals surface area contributed by atoms with Gasteiger partial charge in [-0.3, -0.25) is 14.5 Å². The van der Waals surface area contributed by atoms with Gasteiger partial charge in [0.05, 0.1) is 25.8 Å². The van der Waals surface area contributed by atoms with E-state index >= 15 is 0 Å². The minimum Gasteiger partial charge on any atom is -0.469 e. The predicted octanol–water partition coefficient (Wildman–Crippen LogP) is 1.93. The maximum absolute atomic E-state index is 11.7. The van der Waals surface area contributed by atoms with Crippen LogP contribution in [0.4, 0.5) is 0 Å². The number of Topliss-reactive ketones (excluding diaryl/α,β-unsaturated/α-hetero) is 1. The Kier molecular flexibility index (Phi) is 6.29. The van der Waals surface area contributed by atoms with E-state index in [1.807, 2.05) is 24.9 Å². The molecule has 0 amide bonds. The van der Waals surface area contributed by atoms with Crippen LogP contribution in [0.2, 0.25) is 0 Å². The van der Waals surface area contributed by atoms with Crippen molar-refractivity contribution in [2.75, 3.05) is 20.2 Å². The maximum Gasteiger partial charge on any atom is 0.306 e. The maximum atomic E-state index is 11.7. The van der Waals surface area contributed by atoms with Crippen LogP contribution in [-0.4, -0.2) is 36.9 Å². The van der Waals surface area contributed by atoms with Gasteiger partial charge in [0.1, 0.15) is 11.5 Å². The summed E-state index contributed by atoms with van der Waals surface area (Å²) >= 11 is 0. The fourth-order valence-electron chi connectivity index (χ4n) is 1.78. The molecule has 0 N–H and O–H groups in total. The molecule has 5 heteroatoms. The third-order valence-corrected chi connectivity index (χ3v) is 2.77. The molecule has 0 saturated heterocycles. The molecular formula is C14H21NO4. The highest BCUT2D eigenvalue weighted by molar-refractivity contribution is 5.84. The number of carbonyl (C=O) groups is 2. The van der Waals surface area contributed by atoms with Crippen molar-refractivity contribution in [1.29, 1.82) is 0 Å². The first-order chi connectivity index (χ1) is 9.02. The number of aryl methyl sites for hydroxylation is 1. The Morgan fingerprint density at radius 1 is 1.37 bits per heavy atom. The minimum absolute atomic E-state index is 0.0386. The van der Waals surface area contributed by atoms with Crippen LogP contribution in [0.25, 0.3) is 0 Å². The second-order valence-electron chi connectivity index (χ2n) is 4.52. The highest BCUT2D eigenvalue weighted by atomic mass is 16.5. The molecule has 19 heavy (non-hydrogen) atoms. The van der Waals surface area contributed by atoms with Gasteiger partial charge >= 0.3 is 5.97 Å². The number of ketones is 1. The Hall–Kier alpha value is -1.62. The average Bonchev–Trinajstić information content (AvgIpc) is 2.73. The Morgan fingerprint density at radius 3 is 2.68 bits per heavy atom. The standard InChI is InChI=1S/C14H21NO4/c1-4-18-14(17)6-5-13(16)10-15(3)9-12-7-8-19-11(12)2/h7-8H,4-6,9-10H2,1-3H3. The normalized spacial score (nSPS) is 10.7. The van der Waals surface area contributed by atoms with Gasteiger partial charge in [0.2, 0.25) is 0 Å². The van der Waals surface area contributed by atoms with E-state index in [0.717, 1.165) is 11.3 Å². The quantitative estimate of drug-likeness (QED) is 0.674. The Balaban J connectivity index is 2.28. The summed E-state index contributed by atoms with van der Waals surface area (Å²) in [5.74, 6) is 0.590. The van der Waals surface area contributed by atoms with Crippen molar-refractivity contribution < 1.29 is 18.7 Å². The van der Waals surface area contributed by atoms with Crippen LogP contribution in [0, 0.1) is 6.92 Å². The molecular weight excluding hydrogens is 246 g/mol. The van der Waals surface area contributed by atoms with E-state index in [4.69, 9.17) is 9.15 Å². The fraction of sp³-hybridized carbons (Fsp3) is 0.571.